The minimum Gasteiger partial charge on any atom is -0.460 e. The number of hydrogen-bond acceptors (Lipinski definition) is 16. The number of rotatable bonds is 25. The normalized spacial score (nSPS) is 18.8. The number of esters is 6. The van der Waals surface area contributed by atoms with Gasteiger partial charge in [0.25, 0.3) is 0 Å². The highest BCUT2D eigenvalue weighted by Gasteiger charge is 2.42. The summed E-state index contributed by atoms with van der Waals surface area (Å²) in [4.78, 5) is 78.9. The minimum absolute atomic E-state index is 0.322. The predicted octanol–water partition coefficient (Wildman–Crippen LogP) is 2.41. The van der Waals surface area contributed by atoms with Crippen molar-refractivity contribution in [2.45, 2.75) is 157 Å². The Balaban J connectivity index is 6.28. The Kier molecular flexibility index (Phi) is 23.3. The lowest BCUT2D eigenvalue weighted by molar-refractivity contribution is -0.197. The average Bonchev–Trinajstić information content (AvgIpc) is 3.14. The molecule has 0 fully saturated rings. The topological polar surface area (TPSA) is 239 Å². The highest BCUT2D eigenvalue weighted by atomic mass is 16.7. The van der Waals surface area contributed by atoms with E-state index in [9.17, 15) is 44.1 Å². The molecule has 0 bridgehead atoms. The van der Waals surface area contributed by atoms with Crippen LogP contribution in [0.4, 0.5) is 0 Å². The summed E-state index contributed by atoms with van der Waals surface area (Å²) in [5.74, 6) is -8.81. The molecule has 0 aromatic heterocycles. The van der Waals surface area contributed by atoms with Crippen LogP contribution in [-0.2, 0) is 57.2 Å². The Hall–Kier alpha value is -3.34. The van der Waals surface area contributed by atoms with Gasteiger partial charge in [-0.05, 0) is 32.1 Å². The van der Waals surface area contributed by atoms with Gasteiger partial charge in [0.1, 0.15) is 24.9 Å². The van der Waals surface area contributed by atoms with Gasteiger partial charge in [-0.3, -0.25) is 4.79 Å². The Morgan fingerprint density at radius 1 is 0.453 bits per heavy atom. The lowest BCUT2D eigenvalue weighted by Crippen LogP contribution is -2.47. The molecule has 308 valence electrons. The second-order valence-corrected chi connectivity index (χ2v) is 13.8. The van der Waals surface area contributed by atoms with Crippen LogP contribution < -0.4 is 0 Å². The van der Waals surface area contributed by atoms with Gasteiger partial charge in [-0.25, -0.2) is 24.0 Å². The summed E-state index contributed by atoms with van der Waals surface area (Å²) in [7, 11) is 0. The van der Waals surface area contributed by atoms with E-state index < -0.39 is 127 Å². The summed E-state index contributed by atoms with van der Waals surface area (Å²) in [6.07, 6.45) is -10.8. The molecule has 0 rings (SSSR count). The van der Waals surface area contributed by atoms with Crippen molar-refractivity contribution in [3.8, 4) is 0 Å². The fourth-order valence-corrected chi connectivity index (χ4v) is 4.71. The van der Waals surface area contributed by atoms with Gasteiger partial charge in [0.2, 0.25) is 30.5 Å². The van der Waals surface area contributed by atoms with Crippen molar-refractivity contribution in [1.82, 2.24) is 0 Å². The van der Waals surface area contributed by atoms with Crippen molar-refractivity contribution >= 4 is 35.8 Å². The fraction of sp³-hybridized carbons (Fsp3) is 0.838. The Bertz CT molecular complexity index is 1160. The SMILES string of the molecule is CC[C@@H](C)[C@H](OC(=O)[C@@H](OC(=O)[C@@H](OC(=O)[C@@H](OC(=O)[C@@H](OC(C)=O)[C@@H](C)CC)[C@H](C)CC)[C@H](C)CC)[C@H](C)CC)C(=O)OC[C@H](O)[C@H](O)[C@H](O)CO. The number of aliphatic hydroxyl groups excluding tert-OH is 4. The smallest absolute Gasteiger partial charge is 0.348 e. The van der Waals surface area contributed by atoms with Crippen LogP contribution in [0.2, 0.25) is 0 Å². The summed E-state index contributed by atoms with van der Waals surface area (Å²) in [5, 5.41) is 38.5. The maximum atomic E-state index is 13.7. The van der Waals surface area contributed by atoms with Crippen molar-refractivity contribution < 1.29 is 77.6 Å². The number of ether oxygens (including phenoxy) is 6. The molecule has 0 aliphatic carbocycles. The van der Waals surface area contributed by atoms with Gasteiger partial charge >= 0.3 is 35.8 Å². The Morgan fingerprint density at radius 3 is 0.962 bits per heavy atom. The molecule has 0 aliphatic heterocycles. The molecule has 4 N–H and O–H groups in total. The molecule has 0 spiro atoms. The number of hydrogen-bond donors (Lipinski definition) is 4. The lowest BCUT2D eigenvalue weighted by Gasteiger charge is -2.30. The van der Waals surface area contributed by atoms with Crippen molar-refractivity contribution in [1.29, 1.82) is 0 Å². The molecular formula is C37H64O16. The van der Waals surface area contributed by atoms with Gasteiger partial charge in [-0.15, -0.1) is 0 Å². The first kappa shape index (κ1) is 49.7. The molecule has 0 unspecified atom stereocenters. The standard InChI is InChI=1S/C37H64O16/c1-12-19(6)28(33(43)48-18-26(41)27(42)25(40)17-38)50-35(45)30(21(8)14-3)52-37(47)32(23(10)16-5)53-36(46)31(22(9)15-4)51-34(44)29(20(7)13-2)49-24(11)39/h19-23,25-32,38,40-42H,12-18H2,1-11H3/t19-,20+,21-,22-,23-,25-,26+,27-,28+,29+,30+,31+,32+/m1/s1. The zero-order chi connectivity index (χ0) is 41.2. The highest BCUT2D eigenvalue weighted by Crippen LogP contribution is 2.25. The quantitative estimate of drug-likeness (QED) is 0.0771. The largest absolute Gasteiger partial charge is 0.460 e. The molecule has 53 heavy (non-hydrogen) atoms. The number of carbonyl (C=O) groups excluding carboxylic acids is 6. The third-order valence-corrected chi connectivity index (χ3v) is 9.60. The van der Waals surface area contributed by atoms with Crippen LogP contribution in [-0.4, -0.2) is 118 Å². The molecule has 13 atom stereocenters. The summed E-state index contributed by atoms with van der Waals surface area (Å²) < 4.78 is 32.7. The van der Waals surface area contributed by atoms with Crippen molar-refractivity contribution in [3.05, 3.63) is 0 Å². The van der Waals surface area contributed by atoms with Gasteiger partial charge in [0.15, 0.2) is 0 Å². The summed E-state index contributed by atoms with van der Waals surface area (Å²) in [6.45, 7) is 16.4. The van der Waals surface area contributed by atoms with Crippen molar-refractivity contribution in [2.24, 2.45) is 29.6 Å². The van der Waals surface area contributed by atoms with Gasteiger partial charge in [-0.2, -0.15) is 0 Å². The van der Waals surface area contributed by atoms with E-state index in [1.807, 2.05) is 0 Å². The van der Waals surface area contributed by atoms with Crippen LogP contribution >= 0.6 is 0 Å². The molecule has 0 saturated carbocycles. The van der Waals surface area contributed by atoms with Gasteiger partial charge in [-0.1, -0.05) is 69.2 Å². The van der Waals surface area contributed by atoms with Crippen LogP contribution in [0.1, 0.15) is 108 Å². The van der Waals surface area contributed by atoms with E-state index in [1.165, 1.54) is 0 Å². The Morgan fingerprint density at radius 2 is 0.717 bits per heavy atom. The molecule has 0 aromatic rings. The molecule has 0 saturated heterocycles. The van der Waals surface area contributed by atoms with E-state index in [1.54, 1.807) is 69.2 Å². The second-order valence-electron chi connectivity index (χ2n) is 13.8. The van der Waals surface area contributed by atoms with Crippen LogP contribution in [0.25, 0.3) is 0 Å². The van der Waals surface area contributed by atoms with E-state index in [0.717, 1.165) is 6.92 Å². The van der Waals surface area contributed by atoms with E-state index in [0.29, 0.717) is 32.1 Å². The molecular weight excluding hydrogens is 700 g/mol. The first-order valence-electron chi connectivity index (χ1n) is 18.6. The minimum atomic E-state index is -1.82. The lowest BCUT2D eigenvalue weighted by atomic mass is 9.98. The van der Waals surface area contributed by atoms with E-state index in [4.69, 9.17) is 33.5 Å². The predicted molar refractivity (Wildman–Crippen MR) is 188 cm³/mol. The van der Waals surface area contributed by atoms with Crippen molar-refractivity contribution in [2.75, 3.05) is 13.2 Å². The number of aliphatic hydroxyl groups is 4. The van der Waals surface area contributed by atoms with Gasteiger partial charge < -0.3 is 48.8 Å². The van der Waals surface area contributed by atoms with E-state index in [-0.39, 0.29) is 0 Å². The van der Waals surface area contributed by atoms with Gasteiger partial charge in [0.05, 0.1) is 6.61 Å². The maximum Gasteiger partial charge on any atom is 0.348 e. The summed E-state index contributed by atoms with van der Waals surface area (Å²) >= 11 is 0. The molecule has 0 aliphatic rings. The molecule has 16 heteroatoms. The highest BCUT2D eigenvalue weighted by molar-refractivity contribution is 5.87. The zero-order valence-corrected chi connectivity index (χ0v) is 33.1. The van der Waals surface area contributed by atoms with E-state index >= 15 is 0 Å². The first-order chi connectivity index (χ1) is 24.8. The molecule has 0 radical (unpaired) electrons. The zero-order valence-electron chi connectivity index (χ0n) is 33.1. The fourth-order valence-electron chi connectivity index (χ4n) is 4.71. The molecule has 0 heterocycles. The third-order valence-electron chi connectivity index (χ3n) is 9.60. The van der Waals surface area contributed by atoms with Crippen molar-refractivity contribution in [3.63, 3.8) is 0 Å². The summed E-state index contributed by atoms with van der Waals surface area (Å²) in [6, 6.07) is 0. The van der Waals surface area contributed by atoms with Gasteiger partial charge in [0, 0.05) is 36.5 Å². The third kappa shape index (κ3) is 15.9. The average molecular weight is 765 g/mol. The second kappa shape index (κ2) is 24.9. The number of carbonyl (C=O) groups is 6. The monoisotopic (exact) mass is 764 g/mol. The molecule has 0 aromatic carbocycles. The van der Waals surface area contributed by atoms with Crippen LogP contribution in [0.15, 0.2) is 0 Å². The Labute approximate surface area is 313 Å². The molecule has 0 amide bonds. The van der Waals surface area contributed by atoms with Crippen LogP contribution in [0.5, 0.6) is 0 Å². The van der Waals surface area contributed by atoms with E-state index in [2.05, 4.69) is 0 Å². The maximum absolute atomic E-state index is 13.7. The van der Waals surface area contributed by atoms with Crippen LogP contribution in [0.3, 0.4) is 0 Å². The van der Waals surface area contributed by atoms with Crippen LogP contribution in [0, 0.1) is 29.6 Å². The first-order valence-corrected chi connectivity index (χ1v) is 18.6. The molecule has 16 nitrogen and oxygen atoms in total. The summed E-state index contributed by atoms with van der Waals surface area (Å²) in [5.41, 5.74) is 0.